The summed E-state index contributed by atoms with van der Waals surface area (Å²) in [5.41, 5.74) is -0.597. The number of H-pyrrole nitrogens is 2. The van der Waals surface area contributed by atoms with Gasteiger partial charge in [0.25, 0.3) is 5.56 Å². The number of rotatable bonds is 2. The van der Waals surface area contributed by atoms with E-state index in [9.17, 15) is 9.59 Å². The highest BCUT2D eigenvalue weighted by atomic mass is 16.7. The van der Waals surface area contributed by atoms with Crippen LogP contribution in [0.15, 0.2) is 9.59 Å². The van der Waals surface area contributed by atoms with E-state index in [1.165, 1.54) is 12.2 Å². The van der Waals surface area contributed by atoms with Gasteiger partial charge >= 0.3 is 5.69 Å². The van der Waals surface area contributed by atoms with Gasteiger partial charge in [-0.2, -0.15) is 0 Å². The molecule has 2 rings (SSSR count). The average Bonchev–Trinajstić information content (AvgIpc) is 2.55. The Kier molecular flexibility index (Phi) is 2.24. The van der Waals surface area contributed by atoms with Crippen LogP contribution in [0.5, 0.6) is 0 Å². The second-order valence-corrected chi connectivity index (χ2v) is 3.16. The minimum absolute atomic E-state index is 0.346. The predicted octanol–water partition coefficient (Wildman–Crippen LogP) is -0.772. The Bertz CT molecular complexity index is 478. The number of hydrogen-bond donors (Lipinski definition) is 2. The normalized spacial score (nSPS) is 14.5. The topological polar surface area (TPSA) is 81.4 Å². The molecule has 0 bridgehead atoms. The van der Waals surface area contributed by atoms with Gasteiger partial charge in [-0.3, -0.25) is 19.6 Å². The van der Waals surface area contributed by atoms with Crippen molar-refractivity contribution in [2.45, 2.75) is 6.92 Å². The fourth-order valence-corrected chi connectivity index (χ4v) is 1.63. The standard InChI is InChI=1S/C8H12N4O3/c1-3-11-4-12(15-2)5-6(11)9-8(14)10-7(5)13/h3-4H2,1-2H3,(H2,9,10,13,14). The molecule has 1 aromatic heterocycles. The van der Waals surface area contributed by atoms with Crippen LogP contribution in [0.2, 0.25) is 0 Å². The predicted molar refractivity (Wildman–Crippen MR) is 55.1 cm³/mol. The molecule has 1 aliphatic rings. The second kappa shape index (κ2) is 3.43. The van der Waals surface area contributed by atoms with Crippen molar-refractivity contribution in [1.29, 1.82) is 0 Å². The summed E-state index contributed by atoms with van der Waals surface area (Å²) in [6.07, 6.45) is 0. The van der Waals surface area contributed by atoms with Gasteiger partial charge in [0.1, 0.15) is 12.5 Å². The monoisotopic (exact) mass is 212 g/mol. The molecule has 0 aromatic carbocycles. The number of hydrogen-bond acceptors (Lipinski definition) is 5. The van der Waals surface area contributed by atoms with Crippen LogP contribution in [0, 0.1) is 0 Å². The van der Waals surface area contributed by atoms with Crippen molar-refractivity contribution in [3.05, 3.63) is 20.8 Å². The molecule has 0 unspecified atom stereocenters. The van der Waals surface area contributed by atoms with Crippen molar-refractivity contribution < 1.29 is 4.84 Å². The molecule has 0 atom stereocenters. The van der Waals surface area contributed by atoms with Crippen LogP contribution in [0.4, 0.5) is 11.5 Å². The SMILES string of the molecule is CCN1CN(OC)c2c1[nH]c(=O)[nH]c2=O. The summed E-state index contributed by atoms with van der Waals surface area (Å²) in [6, 6.07) is 0. The van der Waals surface area contributed by atoms with Crippen LogP contribution in [0.25, 0.3) is 0 Å². The molecule has 82 valence electrons. The largest absolute Gasteiger partial charge is 0.336 e. The van der Waals surface area contributed by atoms with Crippen molar-refractivity contribution in [2.24, 2.45) is 0 Å². The van der Waals surface area contributed by atoms with Crippen molar-refractivity contribution in [3.8, 4) is 0 Å². The maximum atomic E-state index is 11.5. The minimum Gasteiger partial charge on any atom is -0.336 e. The molecule has 0 radical (unpaired) electrons. The average molecular weight is 212 g/mol. The molecule has 0 amide bonds. The summed E-state index contributed by atoms with van der Waals surface area (Å²) in [7, 11) is 1.48. The van der Waals surface area contributed by atoms with E-state index >= 15 is 0 Å². The first-order valence-electron chi connectivity index (χ1n) is 4.60. The smallest absolute Gasteiger partial charge is 0.327 e. The first kappa shape index (κ1) is 9.78. The molecular formula is C8H12N4O3. The summed E-state index contributed by atoms with van der Waals surface area (Å²) < 4.78 is 0. The zero-order valence-corrected chi connectivity index (χ0v) is 8.53. The number of fused-ring (bicyclic) bond motifs is 1. The first-order valence-corrected chi connectivity index (χ1v) is 4.60. The number of hydroxylamine groups is 1. The van der Waals surface area contributed by atoms with Gasteiger partial charge in [-0.05, 0) is 6.92 Å². The number of aromatic amines is 2. The van der Waals surface area contributed by atoms with Gasteiger partial charge in [0.15, 0.2) is 5.69 Å². The summed E-state index contributed by atoms with van der Waals surface area (Å²) >= 11 is 0. The lowest BCUT2D eigenvalue weighted by Crippen LogP contribution is -2.31. The molecule has 1 aromatic rings. The van der Waals surface area contributed by atoms with Crippen LogP contribution in [-0.2, 0) is 4.84 Å². The van der Waals surface area contributed by atoms with Crippen molar-refractivity contribution >= 4 is 11.5 Å². The van der Waals surface area contributed by atoms with Gasteiger partial charge in [-0.25, -0.2) is 9.86 Å². The molecule has 2 heterocycles. The van der Waals surface area contributed by atoms with Crippen molar-refractivity contribution in [1.82, 2.24) is 9.97 Å². The van der Waals surface area contributed by atoms with E-state index in [1.54, 1.807) is 0 Å². The molecule has 0 spiro atoms. The lowest BCUT2D eigenvalue weighted by molar-refractivity contribution is 0.172. The quantitative estimate of drug-likeness (QED) is 0.672. The van der Waals surface area contributed by atoms with Gasteiger partial charge in [0.2, 0.25) is 0 Å². The van der Waals surface area contributed by atoms with Gasteiger partial charge in [0.05, 0.1) is 7.11 Å². The fraction of sp³-hybridized carbons (Fsp3) is 0.500. The molecule has 1 aliphatic heterocycles. The molecule has 15 heavy (non-hydrogen) atoms. The molecule has 0 saturated carbocycles. The van der Waals surface area contributed by atoms with E-state index in [1.807, 2.05) is 11.8 Å². The van der Waals surface area contributed by atoms with Crippen LogP contribution in [0.1, 0.15) is 6.92 Å². The molecular weight excluding hydrogens is 200 g/mol. The third-order valence-corrected chi connectivity index (χ3v) is 2.37. The fourth-order valence-electron chi connectivity index (χ4n) is 1.63. The number of aromatic nitrogens is 2. The third-order valence-electron chi connectivity index (χ3n) is 2.37. The Morgan fingerprint density at radius 1 is 1.40 bits per heavy atom. The summed E-state index contributed by atoms with van der Waals surface area (Å²) in [6.45, 7) is 3.06. The Labute approximate surface area is 85.2 Å². The Morgan fingerprint density at radius 3 is 2.73 bits per heavy atom. The van der Waals surface area contributed by atoms with Crippen molar-refractivity contribution in [3.63, 3.8) is 0 Å². The van der Waals surface area contributed by atoms with E-state index < -0.39 is 11.2 Å². The maximum absolute atomic E-state index is 11.5. The van der Waals surface area contributed by atoms with Gasteiger partial charge in [-0.1, -0.05) is 0 Å². The zero-order valence-electron chi connectivity index (χ0n) is 8.53. The molecule has 0 saturated heterocycles. The molecule has 7 heteroatoms. The first-order chi connectivity index (χ1) is 7.17. The van der Waals surface area contributed by atoms with Crippen LogP contribution in [-0.4, -0.2) is 30.3 Å². The summed E-state index contributed by atoms with van der Waals surface area (Å²) in [5.74, 6) is 0.508. The number of nitrogens with one attached hydrogen (secondary N) is 2. The second-order valence-electron chi connectivity index (χ2n) is 3.16. The van der Waals surface area contributed by atoms with Gasteiger partial charge < -0.3 is 4.90 Å². The highest BCUT2D eigenvalue weighted by Crippen LogP contribution is 2.28. The zero-order chi connectivity index (χ0) is 11.0. The van der Waals surface area contributed by atoms with Crippen LogP contribution in [0.3, 0.4) is 0 Å². The Balaban J connectivity index is 2.63. The van der Waals surface area contributed by atoms with Crippen molar-refractivity contribution in [2.75, 3.05) is 30.3 Å². The Hall–Kier alpha value is -1.76. The molecule has 7 nitrogen and oxygen atoms in total. The van der Waals surface area contributed by atoms with E-state index in [0.717, 1.165) is 0 Å². The van der Waals surface area contributed by atoms with E-state index in [2.05, 4.69) is 9.97 Å². The van der Waals surface area contributed by atoms with Gasteiger partial charge in [0, 0.05) is 6.54 Å². The number of anilines is 2. The Morgan fingerprint density at radius 2 is 2.13 bits per heavy atom. The summed E-state index contributed by atoms with van der Waals surface area (Å²) in [5, 5.41) is 1.44. The summed E-state index contributed by atoms with van der Waals surface area (Å²) in [4.78, 5) is 34.3. The van der Waals surface area contributed by atoms with E-state index in [0.29, 0.717) is 24.7 Å². The van der Waals surface area contributed by atoms with E-state index in [-0.39, 0.29) is 0 Å². The molecule has 2 N–H and O–H groups in total. The molecule has 0 aliphatic carbocycles. The van der Waals surface area contributed by atoms with Gasteiger partial charge in [-0.15, -0.1) is 0 Å². The minimum atomic E-state index is -0.504. The third kappa shape index (κ3) is 1.40. The maximum Gasteiger partial charge on any atom is 0.327 e. The molecule has 0 fully saturated rings. The highest BCUT2D eigenvalue weighted by molar-refractivity contribution is 5.69. The van der Waals surface area contributed by atoms with Crippen LogP contribution >= 0.6 is 0 Å². The highest BCUT2D eigenvalue weighted by Gasteiger charge is 2.29. The van der Waals surface area contributed by atoms with E-state index in [4.69, 9.17) is 4.84 Å². The number of nitrogens with zero attached hydrogens (tertiary/aromatic N) is 2. The lowest BCUT2D eigenvalue weighted by Gasteiger charge is -2.16. The van der Waals surface area contributed by atoms with Crippen LogP contribution < -0.4 is 21.2 Å². The lowest BCUT2D eigenvalue weighted by atomic mass is 10.4.